The molecule has 1 aromatic carbocycles. The number of hydrogen-bond donors (Lipinski definition) is 2. The Balaban J connectivity index is 2.36. The van der Waals surface area contributed by atoms with Crippen molar-refractivity contribution in [2.24, 2.45) is 0 Å². The lowest BCUT2D eigenvalue weighted by Gasteiger charge is -2.10. The highest BCUT2D eigenvalue weighted by atomic mass is 19.3. The van der Waals surface area contributed by atoms with Crippen molar-refractivity contribution in [1.29, 1.82) is 0 Å². The molecule has 5 nitrogen and oxygen atoms in total. The highest BCUT2D eigenvalue weighted by Crippen LogP contribution is 2.23. The summed E-state index contributed by atoms with van der Waals surface area (Å²) < 4.78 is 27.3. The number of aromatic nitrogens is 2. The molecule has 2 aromatic rings. The molecule has 1 atom stereocenters. The molecule has 0 radical (unpaired) electrons. The lowest BCUT2D eigenvalue weighted by atomic mass is 10.2. The van der Waals surface area contributed by atoms with Gasteiger partial charge in [0.05, 0.1) is 17.9 Å². The molecule has 112 valence electrons. The molecule has 0 saturated carbocycles. The fourth-order valence-electron chi connectivity index (χ4n) is 1.78. The summed E-state index contributed by atoms with van der Waals surface area (Å²) in [6.45, 7) is 1.30. The Morgan fingerprint density at radius 2 is 2.05 bits per heavy atom. The number of nitrogens with one attached hydrogen (secondary N) is 1. The second-order valence-corrected chi connectivity index (χ2v) is 4.57. The topological polar surface area (TPSA) is 67.2 Å². The molecule has 0 bridgehead atoms. The van der Waals surface area contributed by atoms with Crippen molar-refractivity contribution in [3.63, 3.8) is 0 Å². The number of amides is 1. The zero-order valence-corrected chi connectivity index (χ0v) is 11.3. The van der Waals surface area contributed by atoms with Gasteiger partial charge in [-0.1, -0.05) is 18.2 Å². The summed E-state index contributed by atoms with van der Waals surface area (Å²) in [5, 5.41) is 15.1. The van der Waals surface area contributed by atoms with Crippen molar-refractivity contribution < 1.29 is 18.7 Å². The second-order valence-electron chi connectivity index (χ2n) is 4.57. The summed E-state index contributed by atoms with van der Waals surface area (Å²) in [5.41, 5.74) is -0.204. The Kier molecular flexibility index (Phi) is 4.64. The quantitative estimate of drug-likeness (QED) is 0.885. The summed E-state index contributed by atoms with van der Waals surface area (Å²) in [6.07, 6.45) is -1.60. The first-order valence-corrected chi connectivity index (χ1v) is 6.37. The highest BCUT2D eigenvalue weighted by Gasteiger charge is 2.24. The number of rotatable bonds is 5. The molecule has 1 amide bonds. The maximum atomic E-state index is 13.0. The van der Waals surface area contributed by atoms with Gasteiger partial charge >= 0.3 is 0 Å². The number of carbonyl (C=O) groups is 1. The van der Waals surface area contributed by atoms with Gasteiger partial charge in [0.2, 0.25) is 0 Å². The Morgan fingerprint density at radius 1 is 1.38 bits per heavy atom. The van der Waals surface area contributed by atoms with Gasteiger partial charge < -0.3 is 10.4 Å². The van der Waals surface area contributed by atoms with Gasteiger partial charge in [-0.2, -0.15) is 5.10 Å². The van der Waals surface area contributed by atoms with Crippen LogP contribution in [0.2, 0.25) is 0 Å². The number of aliphatic hydroxyl groups excluding tert-OH is 1. The van der Waals surface area contributed by atoms with E-state index in [1.807, 2.05) is 0 Å². The fourth-order valence-corrected chi connectivity index (χ4v) is 1.78. The van der Waals surface area contributed by atoms with Crippen LogP contribution in [0.5, 0.6) is 0 Å². The van der Waals surface area contributed by atoms with E-state index in [0.29, 0.717) is 5.69 Å². The molecular weight excluding hydrogens is 280 g/mol. The molecule has 0 spiro atoms. The minimum absolute atomic E-state index is 0.200. The van der Waals surface area contributed by atoms with E-state index in [4.69, 9.17) is 5.11 Å². The van der Waals surface area contributed by atoms with Crippen molar-refractivity contribution in [2.45, 2.75) is 19.4 Å². The van der Waals surface area contributed by atoms with Gasteiger partial charge in [0, 0.05) is 12.2 Å². The van der Waals surface area contributed by atoms with Crippen molar-refractivity contribution >= 4 is 5.91 Å². The maximum Gasteiger partial charge on any atom is 0.282 e. The summed E-state index contributed by atoms with van der Waals surface area (Å²) in [5.74, 6) is -0.686. The minimum atomic E-state index is -2.86. The third kappa shape index (κ3) is 3.43. The molecule has 0 aliphatic carbocycles. The van der Waals surface area contributed by atoms with Crippen molar-refractivity contribution in [1.82, 2.24) is 15.1 Å². The predicted octanol–water partition coefficient (Wildman–Crippen LogP) is 1.92. The Morgan fingerprint density at radius 3 is 2.62 bits per heavy atom. The monoisotopic (exact) mass is 295 g/mol. The molecule has 2 rings (SSSR count). The van der Waals surface area contributed by atoms with Gasteiger partial charge in [0.15, 0.2) is 0 Å². The van der Waals surface area contributed by atoms with Crippen LogP contribution in [0.1, 0.15) is 29.4 Å². The van der Waals surface area contributed by atoms with Gasteiger partial charge in [0.1, 0.15) is 5.69 Å². The molecule has 0 aliphatic rings. The van der Waals surface area contributed by atoms with Crippen LogP contribution in [0, 0.1) is 0 Å². The normalized spacial score (nSPS) is 12.4. The van der Waals surface area contributed by atoms with Crippen LogP contribution in [-0.4, -0.2) is 33.4 Å². The molecule has 7 heteroatoms. The molecule has 1 unspecified atom stereocenters. The molecule has 2 N–H and O–H groups in total. The van der Waals surface area contributed by atoms with E-state index in [0.717, 1.165) is 0 Å². The van der Waals surface area contributed by atoms with E-state index in [9.17, 15) is 13.6 Å². The lowest BCUT2D eigenvalue weighted by molar-refractivity contribution is 0.0908. The SMILES string of the molecule is CC(CO)NC(=O)c1cn(-c2ccccc2)nc1C(F)F. The maximum absolute atomic E-state index is 13.0. The first kappa shape index (κ1) is 15.1. The largest absolute Gasteiger partial charge is 0.394 e. The van der Waals surface area contributed by atoms with E-state index in [-0.39, 0.29) is 12.2 Å². The molecule has 1 aromatic heterocycles. The molecular formula is C14H15F2N3O2. The van der Waals surface area contributed by atoms with Crippen molar-refractivity contribution in [3.05, 3.63) is 47.8 Å². The van der Waals surface area contributed by atoms with Gasteiger partial charge in [-0.25, -0.2) is 13.5 Å². The average molecular weight is 295 g/mol. The van der Waals surface area contributed by atoms with Gasteiger partial charge in [-0.15, -0.1) is 0 Å². The number of aliphatic hydroxyl groups is 1. The average Bonchev–Trinajstić information content (AvgIpc) is 2.93. The fraction of sp³-hybridized carbons (Fsp3) is 0.286. The smallest absolute Gasteiger partial charge is 0.282 e. The Bertz CT molecular complexity index is 614. The second kappa shape index (κ2) is 6.45. The Labute approximate surface area is 120 Å². The van der Waals surface area contributed by atoms with Crippen LogP contribution >= 0.6 is 0 Å². The van der Waals surface area contributed by atoms with Gasteiger partial charge in [-0.3, -0.25) is 4.79 Å². The first-order chi connectivity index (χ1) is 10.0. The number of benzene rings is 1. The van der Waals surface area contributed by atoms with Gasteiger partial charge in [-0.05, 0) is 19.1 Å². The van der Waals surface area contributed by atoms with Crippen LogP contribution in [0.4, 0.5) is 8.78 Å². The number of alkyl halides is 2. The lowest BCUT2D eigenvalue weighted by Crippen LogP contribution is -2.35. The van der Waals surface area contributed by atoms with Crippen LogP contribution in [0.15, 0.2) is 36.5 Å². The number of para-hydroxylation sites is 1. The zero-order valence-electron chi connectivity index (χ0n) is 11.3. The Hall–Kier alpha value is -2.28. The summed E-state index contributed by atoms with van der Waals surface area (Å²) >= 11 is 0. The summed E-state index contributed by atoms with van der Waals surface area (Å²) in [4.78, 5) is 12.0. The number of carbonyl (C=O) groups excluding carboxylic acids is 1. The molecule has 0 aliphatic heterocycles. The third-order valence-electron chi connectivity index (χ3n) is 2.87. The third-order valence-corrected chi connectivity index (χ3v) is 2.87. The standard InChI is InChI=1S/C14H15F2N3O2/c1-9(8-20)17-14(21)11-7-19(18-12(11)13(15)16)10-5-3-2-4-6-10/h2-7,9,13,20H,8H2,1H3,(H,17,21). The van der Waals surface area contributed by atoms with Crippen LogP contribution in [-0.2, 0) is 0 Å². The minimum Gasteiger partial charge on any atom is -0.394 e. The number of nitrogens with zero attached hydrogens (tertiary/aromatic N) is 2. The molecule has 0 saturated heterocycles. The van der Waals surface area contributed by atoms with E-state index in [2.05, 4.69) is 10.4 Å². The zero-order chi connectivity index (χ0) is 15.4. The highest BCUT2D eigenvalue weighted by molar-refractivity contribution is 5.95. The molecule has 0 fully saturated rings. The van der Waals surface area contributed by atoms with Gasteiger partial charge in [0.25, 0.3) is 12.3 Å². The first-order valence-electron chi connectivity index (χ1n) is 6.37. The van der Waals surface area contributed by atoms with Crippen LogP contribution in [0.25, 0.3) is 5.69 Å². The van der Waals surface area contributed by atoms with Crippen molar-refractivity contribution in [3.8, 4) is 5.69 Å². The van der Waals surface area contributed by atoms with E-state index < -0.39 is 24.1 Å². The van der Waals surface area contributed by atoms with Crippen LogP contribution in [0.3, 0.4) is 0 Å². The summed E-state index contributed by atoms with van der Waals surface area (Å²) in [7, 11) is 0. The summed E-state index contributed by atoms with van der Waals surface area (Å²) in [6, 6.07) is 8.14. The number of hydrogen-bond acceptors (Lipinski definition) is 3. The van der Waals surface area contributed by atoms with E-state index in [1.54, 1.807) is 37.3 Å². The van der Waals surface area contributed by atoms with E-state index >= 15 is 0 Å². The molecule has 21 heavy (non-hydrogen) atoms. The predicted molar refractivity (Wildman–Crippen MR) is 72.5 cm³/mol. The van der Waals surface area contributed by atoms with Crippen LogP contribution < -0.4 is 5.32 Å². The molecule has 1 heterocycles. The van der Waals surface area contributed by atoms with E-state index in [1.165, 1.54) is 10.9 Å². The van der Waals surface area contributed by atoms with Crippen molar-refractivity contribution in [2.75, 3.05) is 6.61 Å². The number of halogens is 2.